The highest BCUT2D eigenvalue weighted by Crippen LogP contribution is 2.32. The number of imidazole rings is 1. The van der Waals surface area contributed by atoms with Crippen molar-refractivity contribution in [2.24, 2.45) is 7.05 Å². The van der Waals surface area contributed by atoms with Crippen LogP contribution in [0.25, 0.3) is 0 Å². The Morgan fingerprint density at radius 3 is 2.75 bits per heavy atom. The summed E-state index contributed by atoms with van der Waals surface area (Å²) in [6.45, 7) is 3.98. The predicted octanol–water partition coefficient (Wildman–Crippen LogP) is 2.76. The molecule has 1 saturated heterocycles. The summed E-state index contributed by atoms with van der Waals surface area (Å²) in [5.41, 5.74) is -0.831. The number of alkyl halides is 3. The Labute approximate surface area is 137 Å². The molecule has 6 nitrogen and oxygen atoms in total. The first kappa shape index (κ1) is 16.9. The van der Waals surface area contributed by atoms with Crippen molar-refractivity contribution < 1.29 is 17.7 Å². The van der Waals surface area contributed by atoms with E-state index in [-0.39, 0.29) is 5.92 Å². The number of halogens is 3. The maximum Gasteiger partial charge on any atom is 0.434 e. The minimum Gasteiger partial charge on any atom is -0.339 e. The van der Waals surface area contributed by atoms with E-state index >= 15 is 0 Å². The fraction of sp³-hybridized carbons (Fsp3) is 0.667. The monoisotopic (exact) mass is 343 g/mol. The summed E-state index contributed by atoms with van der Waals surface area (Å²) in [6, 6.07) is 0. The van der Waals surface area contributed by atoms with Crippen LogP contribution in [0.1, 0.15) is 48.9 Å². The first-order valence-electron chi connectivity index (χ1n) is 8.01. The van der Waals surface area contributed by atoms with Crippen LogP contribution in [-0.2, 0) is 26.2 Å². The van der Waals surface area contributed by atoms with Gasteiger partial charge in [-0.15, -0.1) is 0 Å². The van der Waals surface area contributed by atoms with Crippen molar-refractivity contribution in [1.82, 2.24) is 24.6 Å². The van der Waals surface area contributed by atoms with E-state index in [0.29, 0.717) is 37.0 Å². The normalized spacial score (nSPS) is 19.8. The predicted molar refractivity (Wildman–Crippen MR) is 79.1 cm³/mol. The summed E-state index contributed by atoms with van der Waals surface area (Å²) >= 11 is 0. The van der Waals surface area contributed by atoms with Crippen LogP contribution < -0.4 is 0 Å². The smallest absolute Gasteiger partial charge is 0.339 e. The minimum absolute atomic E-state index is 0.0302. The third-order valence-electron chi connectivity index (χ3n) is 4.25. The molecule has 2 aromatic rings. The van der Waals surface area contributed by atoms with E-state index in [0.717, 1.165) is 25.6 Å². The largest absolute Gasteiger partial charge is 0.434 e. The van der Waals surface area contributed by atoms with Gasteiger partial charge in [0, 0.05) is 32.1 Å². The molecule has 1 aliphatic heterocycles. The molecule has 2 aromatic heterocycles. The van der Waals surface area contributed by atoms with Gasteiger partial charge in [0.25, 0.3) is 0 Å². The molecule has 132 valence electrons. The summed E-state index contributed by atoms with van der Waals surface area (Å²) in [4.78, 5) is 10.2. The van der Waals surface area contributed by atoms with Gasteiger partial charge >= 0.3 is 6.18 Å². The van der Waals surface area contributed by atoms with E-state index in [2.05, 4.69) is 20.0 Å². The van der Waals surface area contributed by atoms with Crippen LogP contribution in [-0.4, -0.2) is 37.7 Å². The van der Waals surface area contributed by atoms with Gasteiger partial charge in [0.05, 0.1) is 6.54 Å². The second kappa shape index (κ2) is 6.54. The summed E-state index contributed by atoms with van der Waals surface area (Å²) < 4.78 is 45.1. The third kappa shape index (κ3) is 3.61. The average Bonchev–Trinajstić information content (AvgIpc) is 3.13. The number of hydrogen-bond acceptors (Lipinski definition) is 5. The lowest BCUT2D eigenvalue weighted by atomic mass is 9.97. The number of hydrogen-bond donors (Lipinski definition) is 0. The molecular formula is C15H20F3N5O. The molecular weight excluding hydrogens is 323 g/mol. The molecule has 0 aromatic carbocycles. The van der Waals surface area contributed by atoms with Gasteiger partial charge < -0.3 is 9.09 Å². The molecule has 1 aliphatic rings. The third-order valence-corrected chi connectivity index (χ3v) is 4.25. The molecule has 24 heavy (non-hydrogen) atoms. The van der Waals surface area contributed by atoms with Gasteiger partial charge in [-0.1, -0.05) is 12.1 Å². The number of aromatic nitrogens is 4. The van der Waals surface area contributed by atoms with Crippen molar-refractivity contribution in [3.05, 3.63) is 29.4 Å². The lowest BCUT2D eigenvalue weighted by Crippen LogP contribution is -2.35. The van der Waals surface area contributed by atoms with Crippen molar-refractivity contribution in [3.8, 4) is 0 Å². The fourth-order valence-corrected chi connectivity index (χ4v) is 3.10. The van der Waals surface area contributed by atoms with Gasteiger partial charge in [-0.2, -0.15) is 18.2 Å². The molecule has 1 fully saturated rings. The quantitative estimate of drug-likeness (QED) is 0.854. The Hall–Kier alpha value is -1.90. The van der Waals surface area contributed by atoms with Gasteiger partial charge in [0.1, 0.15) is 5.82 Å². The maximum atomic E-state index is 12.8. The zero-order valence-corrected chi connectivity index (χ0v) is 13.7. The van der Waals surface area contributed by atoms with E-state index in [1.165, 1.54) is 4.57 Å². The zero-order chi connectivity index (χ0) is 17.3. The molecule has 0 spiro atoms. The summed E-state index contributed by atoms with van der Waals surface area (Å²) in [7, 11) is 1.61. The van der Waals surface area contributed by atoms with Gasteiger partial charge in [-0.05, 0) is 19.4 Å². The van der Waals surface area contributed by atoms with Crippen LogP contribution in [0.15, 0.2) is 10.7 Å². The Bertz CT molecular complexity index is 694. The summed E-state index contributed by atoms with van der Waals surface area (Å²) in [5, 5.41) is 3.94. The van der Waals surface area contributed by atoms with Crippen LogP contribution in [0.5, 0.6) is 0 Å². The Balaban J connectivity index is 1.70. The molecule has 0 aliphatic carbocycles. The SMILES string of the molecule is CCc1nc(CN2CCC[C@H](c3nc(C(F)(F)F)cn3C)C2)no1. The molecule has 3 heterocycles. The molecule has 0 radical (unpaired) electrons. The number of nitrogens with zero attached hydrogens (tertiary/aromatic N) is 5. The van der Waals surface area contributed by atoms with Crippen LogP contribution in [0.4, 0.5) is 13.2 Å². The van der Waals surface area contributed by atoms with Crippen molar-refractivity contribution in [3.63, 3.8) is 0 Å². The van der Waals surface area contributed by atoms with E-state index in [9.17, 15) is 13.2 Å². The Morgan fingerprint density at radius 2 is 2.12 bits per heavy atom. The number of likely N-dealkylation sites (tertiary alicyclic amines) is 1. The zero-order valence-electron chi connectivity index (χ0n) is 13.7. The molecule has 0 bridgehead atoms. The van der Waals surface area contributed by atoms with Crippen molar-refractivity contribution >= 4 is 0 Å². The van der Waals surface area contributed by atoms with Gasteiger partial charge in [0.15, 0.2) is 11.5 Å². The fourth-order valence-electron chi connectivity index (χ4n) is 3.10. The van der Waals surface area contributed by atoms with Crippen LogP contribution in [0, 0.1) is 0 Å². The number of rotatable bonds is 4. The van der Waals surface area contributed by atoms with E-state index in [1.54, 1.807) is 7.05 Å². The first-order chi connectivity index (χ1) is 11.4. The molecule has 0 unspecified atom stereocenters. The summed E-state index contributed by atoms with van der Waals surface area (Å²) in [6.07, 6.45) is -0.946. The highest BCUT2D eigenvalue weighted by atomic mass is 19.4. The van der Waals surface area contributed by atoms with Gasteiger partial charge in [-0.25, -0.2) is 4.98 Å². The van der Waals surface area contributed by atoms with E-state index in [1.807, 2.05) is 6.92 Å². The van der Waals surface area contributed by atoms with E-state index in [4.69, 9.17) is 4.52 Å². The van der Waals surface area contributed by atoms with E-state index < -0.39 is 11.9 Å². The van der Waals surface area contributed by atoms with Crippen molar-refractivity contribution in [2.75, 3.05) is 13.1 Å². The Kier molecular flexibility index (Phi) is 4.62. The topological polar surface area (TPSA) is 60.0 Å². The van der Waals surface area contributed by atoms with Crippen LogP contribution in [0.3, 0.4) is 0 Å². The average molecular weight is 343 g/mol. The molecule has 0 amide bonds. The molecule has 0 N–H and O–H groups in total. The van der Waals surface area contributed by atoms with Gasteiger partial charge in [0.2, 0.25) is 5.89 Å². The molecule has 0 saturated carbocycles. The standard InChI is InChI=1S/C15H20F3N5O/c1-3-13-20-12(21-24-13)9-23-6-4-5-10(7-23)14-19-11(8-22(14)2)15(16,17)18/h8,10H,3-7,9H2,1-2H3/t10-/m0/s1. The maximum absolute atomic E-state index is 12.8. The molecule has 1 atom stereocenters. The van der Waals surface area contributed by atoms with Crippen molar-refractivity contribution in [1.29, 1.82) is 0 Å². The summed E-state index contributed by atoms with van der Waals surface area (Å²) in [5.74, 6) is 1.66. The Morgan fingerprint density at radius 1 is 1.33 bits per heavy atom. The second-order valence-corrected chi connectivity index (χ2v) is 6.13. The highest BCUT2D eigenvalue weighted by molar-refractivity contribution is 5.12. The van der Waals surface area contributed by atoms with Gasteiger partial charge in [-0.3, -0.25) is 4.90 Å². The van der Waals surface area contributed by atoms with Crippen molar-refractivity contribution in [2.45, 2.75) is 44.8 Å². The second-order valence-electron chi connectivity index (χ2n) is 6.13. The molecule has 9 heteroatoms. The first-order valence-corrected chi connectivity index (χ1v) is 8.01. The number of piperidine rings is 1. The van der Waals surface area contributed by atoms with Crippen LogP contribution >= 0.6 is 0 Å². The number of aryl methyl sites for hydroxylation is 2. The molecule has 3 rings (SSSR count). The lowest BCUT2D eigenvalue weighted by Gasteiger charge is -2.31. The lowest BCUT2D eigenvalue weighted by molar-refractivity contribution is -0.141. The van der Waals surface area contributed by atoms with Crippen LogP contribution in [0.2, 0.25) is 0 Å². The highest BCUT2D eigenvalue weighted by Gasteiger charge is 2.36. The minimum atomic E-state index is -4.41.